The number of carbonyl (C=O) groups excluding carboxylic acids is 2. The molecule has 2 N–H and O–H groups in total. The van der Waals surface area contributed by atoms with Crippen molar-refractivity contribution in [2.45, 2.75) is 0 Å². The molecular formula is C20H16F2N2O4S. The molecule has 0 aliphatic rings. The lowest BCUT2D eigenvalue weighted by atomic mass is 10.0. The Balaban J connectivity index is 1.86. The van der Waals surface area contributed by atoms with Gasteiger partial charge in [0.1, 0.15) is 27.9 Å². The molecule has 0 unspecified atom stereocenters. The molecule has 0 fully saturated rings. The molecule has 6 nitrogen and oxygen atoms in total. The maximum absolute atomic E-state index is 14.7. The van der Waals surface area contributed by atoms with Crippen LogP contribution in [0.5, 0.6) is 5.75 Å². The molecule has 0 aliphatic heterocycles. The van der Waals surface area contributed by atoms with E-state index in [0.29, 0.717) is 5.56 Å². The van der Waals surface area contributed by atoms with Crippen molar-refractivity contribution < 1.29 is 32.1 Å². The number of nitrogens with one attached hydrogen (secondary N) is 2. The summed E-state index contributed by atoms with van der Waals surface area (Å²) in [4.78, 5) is 29.0. The Hall–Kier alpha value is -3.30. The molecule has 9 heteroatoms. The van der Waals surface area contributed by atoms with Gasteiger partial charge in [0.15, 0.2) is 0 Å². The molecule has 2 aromatic carbocycles. The SMILES string of the molecule is [2H]C([2H])([2H])Oc1cccc(-c2cc(F)c(NC(=O)c3ccsc3C(=O)NOC)c(F)c2)c1. The number of rotatable bonds is 6. The van der Waals surface area contributed by atoms with Crippen LogP contribution in [0, 0.1) is 11.6 Å². The zero-order chi connectivity index (χ0) is 23.5. The Morgan fingerprint density at radius 2 is 1.83 bits per heavy atom. The molecule has 0 saturated heterocycles. The smallest absolute Gasteiger partial charge is 0.285 e. The zero-order valence-corrected chi connectivity index (χ0v) is 15.7. The molecular weight excluding hydrogens is 402 g/mol. The molecule has 0 saturated carbocycles. The molecule has 0 aliphatic carbocycles. The number of benzene rings is 2. The molecule has 3 aromatic rings. The van der Waals surface area contributed by atoms with Gasteiger partial charge in [-0.15, -0.1) is 11.3 Å². The quantitative estimate of drug-likeness (QED) is 0.584. The van der Waals surface area contributed by atoms with Crippen LogP contribution in [0.25, 0.3) is 11.1 Å². The monoisotopic (exact) mass is 421 g/mol. The van der Waals surface area contributed by atoms with Crippen molar-refractivity contribution in [3.05, 3.63) is 69.9 Å². The van der Waals surface area contributed by atoms with Gasteiger partial charge in [0.25, 0.3) is 11.8 Å². The Bertz CT molecular complexity index is 1140. The lowest BCUT2D eigenvalue weighted by molar-refractivity contribution is 0.0540. The van der Waals surface area contributed by atoms with Gasteiger partial charge in [-0.2, -0.15) is 0 Å². The third-order valence-electron chi connectivity index (χ3n) is 3.88. The van der Waals surface area contributed by atoms with E-state index in [1.54, 1.807) is 0 Å². The van der Waals surface area contributed by atoms with Gasteiger partial charge in [-0.3, -0.25) is 14.4 Å². The van der Waals surface area contributed by atoms with Crippen LogP contribution in [0.2, 0.25) is 0 Å². The average molecular weight is 421 g/mol. The van der Waals surface area contributed by atoms with Gasteiger partial charge in [-0.05, 0) is 46.8 Å². The van der Waals surface area contributed by atoms with Crippen molar-refractivity contribution in [3.8, 4) is 16.9 Å². The summed E-state index contributed by atoms with van der Waals surface area (Å²) in [5.74, 6) is -3.68. The number of halogens is 2. The van der Waals surface area contributed by atoms with Crippen LogP contribution < -0.4 is 15.5 Å². The van der Waals surface area contributed by atoms with Crippen LogP contribution in [0.15, 0.2) is 47.8 Å². The molecule has 0 bridgehead atoms. The number of carbonyl (C=O) groups is 2. The lowest BCUT2D eigenvalue weighted by Crippen LogP contribution is -2.24. The van der Waals surface area contributed by atoms with Crippen LogP contribution in [-0.4, -0.2) is 26.0 Å². The summed E-state index contributed by atoms with van der Waals surface area (Å²) in [5, 5.41) is 3.61. The highest BCUT2D eigenvalue weighted by atomic mass is 32.1. The molecule has 150 valence electrons. The van der Waals surface area contributed by atoms with Crippen LogP contribution in [-0.2, 0) is 4.84 Å². The minimum absolute atomic E-state index is 0.0000169. The number of anilines is 1. The average Bonchev–Trinajstić information content (AvgIpc) is 3.20. The van der Waals surface area contributed by atoms with Crippen molar-refractivity contribution >= 4 is 28.8 Å². The molecule has 0 radical (unpaired) electrons. The van der Waals surface area contributed by atoms with E-state index in [9.17, 15) is 18.4 Å². The first-order valence-electron chi connectivity index (χ1n) is 9.59. The van der Waals surface area contributed by atoms with Crippen LogP contribution in [0.3, 0.4) is 0 Å². The van der Waals surface area contributed by atoms with E-state index in [2.05, 4.69) is 15.6 Å². The van der Waals surface area contributed by atoms with Crippen molar-refractivity contribution in [3.63, 3.8) is 0 Å². The summed E-state index contributed by atoms with van der Waals surface area (Å²) < 4.78 is 55.6. The highest BCUT2D eigenvalue weighted by Gasteiger charge is 2.22. The second-order valence-electron chi connectivity index (χ2n) is 5.70. The normalized spacial score (nSPS) is 12.4. The Morgan fingerprint density at radius 3 is 2.52 bits per heavy atom. The third kappa shape index (κ3) is 4.41. The summed E-state index contributed by atoms with van der Waals surface area (Å²) in [6, 6.07) is 9.03. The topological polar surface area (TPSA) is 76.7 Å². The standard InChI is InChI=1S/C20H16F2N2O4S/c1-27-13-5-3-4-11(8-13)12-9-15(21)17(16(22)10-12)23-19(25)14-6-7-29-18(14)20(26)24-28-2/h3-10H,1-2H3,(H,23,25)(H,24,26)/i1D3. The number of ether oxygens (including phenoxy) is 1. The fourth-order valence-electron chi connectivity index (χ4n) is 2.58. The van der Waals surface area contributed by atoms with Gasteiger partial charge >= 0.3 is 0 Å². The van der Waals surface area contributed by atoms with Crippen molar-refractivity contribution in [2.75, 3.05) is 19.5 Å². The third-order valence-corrected chi connectivity index (χ3v) is 4.79. The summed E-state index contributed by atoms with van der Waals surface area (Å²) in [6.45, 7) is 0. The molecule has 3 rings (SSSR count). The molecule has 29 heavy (non-hydrogen) atoms. The molecule has 2 amide bonds. The number of hydroxylamine groups is 1. The number of hydrogen-bond donors (Lipinski definition) is 2. The van der Waals surface area contributed by atoms with Gasteiger partial charge in [-0.25, -0.2) is 14.3 Å². The molecule has 1 heterocycles. The number of methoxy groups -OCH3 is 1. The number of amides is 2. The fraction of sp³-hybridized carbons (Fsp3) is 0.100. The van der Waals surface area contributed by atoms with Crippen molar-refractivity contribution in [1.82, 2.24) is 5.48 Å². The van der Waals surface area contributed by atoms with E-state index in [1.165, 1.54) is 42.8 Å². The predicted molar refractivity (Wildman–Crippen MR) is 105 cm³/mol. The van der Waals surface area contributed by atoms with Crippen molar-refractivity contribution in [2.24, 2.45) is 0 Å². The van der Waals surface area contributed by atoms with Gasteiger partial charge in [0.2, 0.25) is 0 Å². The second kappa shape index (κ2) is 8.80. The highest BCUT2D eigenvalue weighted by molar-refractivity contribution is 7.12. The molecule has 1 aromatic heterocycles. The van der Waals surface area contributed by atoms with E-state index in [-0.39, 0.29) is 21.8 Å². The molecule has 0 atom stereocenters. The summed E-state index contributed by atoms with van der Waals surface area (Å²) in [5.41, 5.74) is 1.70. The maximum atomic E-state index is 14.7. The van der Waals surface area contributed by atoms with Gasteiger partial charge in [0.05, 0.1) is 23.8 Å². The predicted octanol–water partition coefficient (Wildman–Crippen LogP) is 4.25. The zero-order valence-electron chi connectivity index (χ0n) is 17.9. The summed E-state index contributed by atoms with van der Waals surface area (Å²) >= 11 is 0.957. The molecule has 0 spiro atoms. The van der Waals surface area contributed by atoms with E-state index >= 15 is 0 Å². The van der Waals surface area contributed by atoms with Crippen LogP contribution in [0.4, 0.5) is 14.5 Å². The first kappa shape index (κ1) is 16.6. The first-order chi connectivity index (χ1) is 15.1. The maximum Gasteiger partial charge on any atom is 0.285 e. The first-order valence-corrected chi connectivity index (χ1v) is 8.97. The minimum Gasteiger partial charge on any atom is -0.497 e. The summed E-state index contributed by atoms with van der Waals surface area (Å²) in [6.07, 6.45) is 0. The minimum atomic E-state index is -2.68. The van der Waals surface area contributed by atoms with E-state index in [4.69, 9.17) is 8.85 Å². The lowest BCUT2D eigenvalue weighted by Gasteiger charge is -2.11. The number of thiophene rings is 1. The van der Waals surface area contributed by atoms with Crippen molar-refractivity contribution in [1.29, 1.82) is 0 Å². The summed E-state index contributed by atoms with van der Waals surface area (Å²) in [7, 11) is -1.45. The van der Waals surface area contributed by atoms with Gasteiger partial charge in [-0.1, -0.05) is 12.1 Å². The second-order valence-corrected chi connectivity index (χ2v) is 6.61. The Labute approximate surface area is 173 Å². The highest BCUT2D eigenvalue weighted by Crippen LogP contribution is 2.30. The largest absolute Gasteiger partial charge is 0.497 e. The van der Waals surface area contributed by atoms with E-state index in [0.717, 1.165) is 23.5 Å². The number of hydrogen-bond acceptors (Lipinski definition) is 5. The van der Waals surface area contributed by atoms with Gasteiger partial charge in [0, 0.05) is 0 Å². The fourth-order valence-corrected chi connectivity index (χ4v) is 3.36. The Kier molecular flexibility index (Phi) is 5.05. The van der Waals surface area contributed by atoms with Crippen LogP contribution >= 0.6 is 11.3 Å². The van der Waals surface area contributed by atoms with E-state index in [1.807, 2.05) is 0 Å². The van der Waals surface area contributed by atoms with Crippen LogP contribution in [0.1, 0.15) is 24.1 Å². The van der Waals surface area contributed by atoms with E-state index < -0.39 is 36.2 Å². The van der Waals surface area contributed by atoms with Gasteiger partial charge < -0.3 is 10.1 Å². The Morgan fingerprint density at radius 1 is 1.07 bits per heavy atom.